The topological polar surface area (TPSA) is 22.1 Å². The summed E-state index contributed by atoms with van der Waals surface area (Å²) in [6, 6.07) is 1.98. The molecule has 0 fully saturated rings. The first kappa shape index (κ1) is 8.68. The predicted molar refractivity (Wildman–Crippen MR) is 47.4 cm³/mol. The molecule has 0 aliphatic rings. The molecule has 0 unspecified atom stereocenters. The van der Waals surface area contributed by atoms with Crippen LogP contribution in [0.25, 0.3) is 0 Å². The molecule has 0 radical (unpaired) electrons. The Labute approximate surface area is 74.7 Å². The van der Waals surface area contributed by atoms with Crippen LogP contribution >= 0.6 is 15.9 Å². The minimum absolute atomic E-state index is 0.631. The molecule has 0 atom stereocenters. The van der Waals surface area contributed by atoms with Crippen LogP contribution in [0.15, 0.2) is 16.9 Å². The molecular weight excluding hydrogens is 206 g/mol. The molecule has 1 aromatic heterocycles. The van der Waals surface area contributed by atoms with Gasteiger partial charge in [0.25, 0.3) is 0 Å². The molecule has 0 spiro atoms. The zero-order valence-corrected chi connectivity index (χ0v) is 8.18. The molecular formula is C8H10BrNO. The van der Waals surface area contributed by atoms with Gasteiger partial charge in [-0.05, 0) is 40.0 Å². The van der Waals surface area contributed by atoms with Crippen molar-refractivity contribution in [2.24, 2.45) is 0 Å². The lowest BCUT2D eigenvalue weighted by Crippen LogP contribution is -1.92. The number of aromatic nitrogens is 1. The summed E-state index contributed by atoms with van der Waals surface area (Å²) < 4.78 is 5.86. The van der Waals surface area contributed by atoms with E-state index in [-0.39, 0.29) is 0 Å². The summed E-state index contributed by atoms with van der Waals surface area (Å²) in [5.74, 6) is 0. The fraction of sp³-hybridized carbons (Fsp3) is 0.375. The van der Waals surface area contributed by atoms with Crippen LogP contribution in [0.2, 0.25) is 0 Å². The number of rotatable bonds is 2. The molecule has 0 aliphatic heterocycles. The Morgan fingerprint density at radius 3 is 2.91 bits per heavy atom. The van der Waals surface area contributed by atoms with Crippen LogP contribution < -0.4 is 0 Å². The van der Waals surface area contributed by atoms with Crippen molar-refractivity contribution in [2.75, 3.05) is 7.11 Å². The Bertz CT molecular complexity index is 250. The maximum atomic E-state index is 4.99. The smallest absolute Gasteiger partial charge is 0.106 e. The SMILES string of the molecule is COCc1cnc(Br)cc1C. The molecule has 0 saturated heterocycles. The van der Waals surface area contributed by atoms with E-state index in [0.717, 1.165) is 10.2 Å². The van der Waals surface area contributed by atoms with Crippen molar-refractivity contribution in [1.29, 1.82) is 0 Å². The Hall–Kier alpha value is -0.410. The molecule has 1 heterocycles. The molecule has 3 heteroatoms. The molecule has 1 aromatic rings. The highest BCUT2D eigenvalue weighted by atomic mass is 79.9. The number of halogens is 1. The standard InChI is InChI=1S/C8H10BrNO/c1-6-3-8(9)10-4-7(6)5-11-2/h3-4H,5H2,1-2H3. The third-order valence-corrected chi connectivity index (χ3v) is 1.92. The lowest BCUT2D eigenvalue weighted by Gasteiger charge is -2.02. The number of hydrogen-bond acceptors (Lipinski definition) is 2. The van der Waals surface area contributed by atoms with Gasteiger partial charge in [0.2, 0.25) is 0 Å². The van der Waals surface area contributed by atoms with E-state index >= 15 is 0 Å². The molecule has 0 aliphatic carbocycles. The van der Waals surface area contributed by atoms with Crippen LogP contribution in [-0.2, 0) is 11.3 Å². The number of ether oxygens (including phenoxy) is 1. The number of methoxy groups -OCH3 is 1. The third kappa shape index (κ3) is 2.27. The predicted octanol–water partition coefficient (Wildman–Crippen LogP) is 2.30. The minimum atomic E-state index is 0.631. The highest BCUT2D eigenvalue weighted by Crippen LogP contribution is 2.12. The number of nitrogens with zero attached hydrogens (tertiary/aromatic N) is 1. The molecule has 0 N–H and O–H groups in total. The highest BCUT2D eigenvalue weighted by Gasteiger charge is 1.97. The van der Waals surface area contributed by atoms with Crippen LogP contribution in [0.5, 0.6) is 0 Å². The van der Waals surface area contributed by atoms with Gasteiger partial charge in [0.15, 0.2) is 0 Å². The van der Waals surface area contributed by atoms with E-state index in [0.29, 0.717) is 6.61 Å². The summed E-state index contributed by atoms with van der Waals surface area (Å²) in [6.07, 6.45) is 1.82. The monoisotopic (exact) mass is 215 g/mol. The molecule has 2 nitrogen and oxygen atoms in total. The number of aryl methyl sites for hydroxylation is 1. The van der Waals surface area contributed by atoms with Crippen molar-refractivity contribution >= 4 is 15.9 Å². The zero-order chi connectivity index (χ0) is 8.27. The van der Waals surface area contributed by atoms with Crippen molar-refractivity contribution in [1.82, 2.24) is 4.98 Å². The largest absolute Gasteiger partial charge is 0.380 e. The first-order valence-corrected chi connectivity index (χ1v) is 4.13. The van der Waals surface area contributed by atoms with Gasteiger partial charge in [-0.15, -0.1) is 0 Å². The van der Waals surface area contributed by atoms with E-state index in [1.54, 1.807) is 7.11 Å². The van der Waals surface area contributed by atoms with Gasteiger partial charge in [-0.1, -0.05) is 0 Å². The molecule has 0 aromatic carbocycles. The van der Waals surface area contributed by atoms with Crippen molar-refractivity contribution in [2.45, 2.75) is 13.5 Å². The maximum Gasteiger partial charge on any atom is 0.106 e. The lowest BCUT2D eigenvalue weighted by atomic mass is 10.2. The summed E-state index contributed by atoms with van der Waals surface area (Å²) in [5.41, 5.74) is 2.34. The van der Waals surface area contributed by atoms with E-state index < -0.39 is 0 Å². The van der Waals surface area contributed by atoms with Crippen LogP contribution in [0.4, 0.5) is 0 Å². The average molecular weight is 216 g/mol. The van der Waals surface area contributed by atoms with Crippen LogP contribution in [-0.4, -0.2) is 12.1 Å². The summed E-state index contributed by atoms with van der Waals surface area (Å²) in [4.78, 5) is 4.10. The van der Waals surface area contributed by atoms with Gasteiger partial charge >= 0.3 is 0 Å². The second-order valence-electron chi connectivity index (χ2n) is 2.37. The highest BCUT2D eigenvalue weighted by molar-refractivity contribution is 9.10. The molecule has 0 bridgehead atoms. The fourth-order valence-corrected chi connectivity index (χ4v) is 1.30. The van der Waals surface area contributed by atoms with E-state index in [1.165, 1.54) is 5.56 Å². The van der Waals surface area contributed by atoms with Crippen molar-refractivity contribution in [3.8, 4) is 0 Å². The zero-order valence-electron chi connectivity index (χ0n) is 6.60. The van der Waals surface area contributed by atoms with Gasteiger partial charge in [0.1, 0.15) is 4.60 Å². The number of hydrogen-bond donors (Lipinski definition) is 0. The third-order valence-electron chi connectivity index (χ3n) is 1.49. The molecule has 0 amide bonds. The van der Waals surface area contributed by atoms with E-state index in [4.69, 9.17) is 4.74 Å². The lowest BCUT2D eigenvalue weighted by molar-refractivity contribution is 0.184. The fourth-order valence-electron chi connectivity index (χ4n) is 0.857. The average Bonchev–Trinajstić information content (AvgIpc) is 1.95. The van der Waals surface area contributed by atoms with Crippen molar-refractivity contribution < 1.29 is 4.74 Å². The first-order valence-electron chi connectivity index (χ1n) is 3.34. The summed E-state index contributed by atoms with van der Waals surface area (Å²) in [6.45, 7) is 2.67. The van der Waals surface area contributed by atoms with Gasteiger partial charge in [-0.25, -0.2) is 4.98 Å². The Morgan fingerprint density at radius 2 is 2.36 bits per heavy atom. The Balaban J connectivity index is 2.90. The van der Waals surface area contributed by atoms with Crippen LogP contribution in [0.3, 0.4) is 0 Å². The molecule has 60 valence electrons. The van der Waals surface area contributed by atoms with E-state index in [2.05, 4.69) is 20.9 Å². The van der Waals surface area contributed by atoms with Crippen molar-refractivity contribution in [3.63, 3.8) is 0 Å². The Morgan fingerprint density at radius 1 is 1.64 bits per heavy atom. The number of pyridine rings is 1. The Kier molecular flexibility index (Phi) is 3.02. The summed E-state index contributed by atoms with van der Waals surface area (Å²) in [7, 11) is 1.68. The quantitative estimate of drug-likeness (QED) is 0.707. The molecule has 0 saturated carbocycles. The van der Waals surface area contributed by atoms with E-state index in [1.807, 2.05) is 19.2 Å². The normalized spacial score (nSPS) is 10.1. The first-order chi connectivity index (χ1) is 5.24. The summed E-state index contributed by atoms with van der Waals surface area (Å²) in [5, 5.41) is 0. The maximum absolute atomic E-state index is 4.99. The van der Waals surface area contributed by atoms with E-state index in [9.17, 15) is 0 Å². The minimum Gasteiger partial charge on any atom is -0.380 e. The van der Waals surface area contributed by atoms with Gasteiger partial charge in [-0.2, -0.15) is 0 Å². The van der Waals surface area contributed by atoms with Gasteiger partial charge in [0.05, 0.1) is 6.61 Å². The molecule has 1 rings (SSSR count). The van der Waals surface area contributed by atoms with Gasteiger partial charge < -0.3 is 4.74 Å². The summed E-state index contributed by atoms with van der Waals surface area (Å²) >= 11 is 3.30. The van der Waals surface area contributed by atoms with Gasteiger partial charge in [0, 0.05) is 13.3 Å². The van der Waals surface area contributed by atoms with Crippen LogP contribution in [0, 0.1) is 6.92 Å². The van der Waals surface area contributed by atoms with Crippen LogP contribution in [0.1, 0.15) is 11.1 Å². The second-order valence-corrected chi connectivity index (χ2v) is 3.18. The second kappa shape index (κ2) is 3.83. The molecule has 11 heavy (non-hydrogen) atoms. The van der Waals surface area contributed by atoms with Crippen molar-refractivity contribution in [3.05, 3.63) is 28.0 Å². The van der Waals surface area contributed by atoms with Gasteiger partial charge in [-0.3, -0.25) is 0 Å².